The summed E-state index contributed by atoms with van der Waals surface area (Å²) in [5, 5.41) is 0. The van der Waals surface area contributed by atoms with Gasteiger partial charge in [0, 0.05) is 31.6 Å². The topological polar surface area (TPSA) is 53.6 Å². The van der Waals surface area contributed by atoms with Gasteiger partial charge < -0.3 is 9.64 Å². The Morgan fingerprint density at radius 1 is 1.28 bits per heavy atom. The van der Waals surface area contributed by atoms with Crippen LogP contribution in [0.3, 0.4) is 0 Å². The van der Waals surface area contributed by atoms with Gasteiger partial charge in [0.2, 0.25) is 5.91 Å². The number of hydrogen-bond acceptors (Lipinski definition) is 4. The average molecular weight is 345 g/mol. The zero-order valence-corrected chi connectivity index (χ0v) is 15.8. The lowest BCUT2D eigenvalue weighted by atomic mass is 9.84. The lowest BCUT2D eigenvalue weighted by molar-refractivity contribution is -0.134. The predicted molar refractivity (Wildman–Crippen MR) is 99.3 cm³/mol. The number of hydrazine groups is 1. The maximum absolute atomic E-state index is 12.9. The molecule has 0 bridgehead atoms. The van der Waals surface area contributed by atoms with E-state index in [1.165, 1.54) is 0 Å². The molecule has 2 aliphatic rings. The van der Waals surface area contributed by atoms with E-state index in [0.29, 0.717) is 18.7 Å². The fourth-order valence-electron chi connectivity index (χ4n) is 3.75. The van der Waals surface area contributed by atoms with Crippen molar-refractivity contribution < 1.29 is 9.53 Å². The molecule has 1 aromatic rings. The summed E-state index contributed by atoms with van der Waals surface area (Å²) in [5.41, 5.74) is 8.10. The first kappa shape index (κ1) is 18.2. The van der Waals surface area contributed by atoms with Crippen molar-refractivity contribution in [3.8, 4) is 5.75 Å². The van der Waals surface area contributed by atoms with Gasteiger partial charge in [-0.2, -0.15) is 0 Å². The van der Waals surface area contributed by atoms with Crippen molar-refractivity contribution in [2.24, 2.45) is 11.3 Å². The molecule has 5 nitrogen and oxygen atoms in total. The predicted octanol–water partition coefficient (Wildman–Crippen LogP) is 2.37. The van der Waals surface area contributed by atoms with Gasteiger partial charge in [-0.05, 0) is 36.3 Å². The first-order valence-corrected chi connectivity index (χ1v) is 9.31. The monoisotopic (exact) mass is 345 g/mol. The second-order valence-corrected chi connectivity index (χ2v) is 8.50. The van der Waals surface area contributed by atoms with E-state index >= 15 is 0 Å². The Morgan fingerprint density at radius 3 is 2.76 bits per heavy atom. The Bertz CT molecular complexity index is 611. The van der Waals surface area contributed by atoms with Gasteiger partial charge in [0.05, 0.1) is 6.61 Å². The highest BCUT2D eigenvalue weighted by molar-refractivity contribution is 5.79. The smallest absolute Gasteiger partial charge is 0.225 e. The summed E-state index contributed by atoms with van der Waals surface area (Å²) in [5.74, 6) is 1.15. The van der Waals surface area contributed by atoms with Gasteiger partial charge in [-0.1, -0.05) is 39.0 Å². The normalized spacial score (nSPS) is 26.5. The number of carbonyl (C=O) groups excluding carboxylic acids is 1. The number of para-hydroxylation sites is 1. The molecule has 138 valence electrons. The average Bonchev–Trinajstić information content (AvgIpc) is 2.93. The Balaban J connectivity index is 1.58. The minimum Gasteiger partial charge on any atom is -0.493 e. The molecule has 1 fully saturated rings. The van der Waals surface area contributed by atoms with Crippen LogP contribution in [0.15, 0.2) is 24.3 Å². The maximum atomic E-state index is 12.9. The second-order valence-electron chi connectivity index (χ2n) is 8.50. The third kappa shape index (κ3) is 4.33. The van der Waals surface area contributed by atoms with Crippen LogP contribution in [0.5, 0.6) is 5.75 Å². The fraction of sp³-hybridized carbons (Fsp3) is 0.650. The van der Waals surface area contributed by atoms with Crippen LogP contribution in [0.2, 0.25) is 0 Å². The molecule has 0 spiro atoms. The molecule has 0 saturated carbocycles. The molecule has 2 heterocycles. The molecule has 2 aliphatic heterocycles. The zero-order valence-electron chi connectivity index (χ0n) is 15.8. The molecule has 1 saturated heterocycles. The summed E-state index contributed by atoms with van der Waals surface area (Å²) in [6.07, 6.45) is 2.58. The number of nitrogens with zero attached hydrogens (tertiary/aromatic N) is 1. The van der Waals surface area contributed by atoms with Gasteiger partial charge >= 0.3 is 0 Å². The lowest BCUT2D eigenvalue weighted by Gasteiger charge is -2.27. The number of nitrogens with one attached hydrogen (secondary N) is 2. The first-order chi connectivity index (χ1) is 11.8. The number of rotatable bonds is 3. The van der Waals surface area contributed by atoms with E-state index in [1.807, 2.05) is 30.1 Å². The van der Waals surface area contributed by atoms with E-state index < -0.39 is 0 Å². The van der Waals surface area contributed by atoms with E-state index in [9.17, 15) is 4.79 Å². The standard InChI is InChI=1S/C20H31N3O2/c1-20(2,3)18-12-16(21-22-18)13-23(4)19(24)15-9-10-25-17-8-6-5-7-14(17)11-15/h5-8,15-16,18,21-22H,9-13H2,1-4H3. The third-order valence-corrected chi connectivity index (χ3v) is 5.41. The summed E-state index contributed by atoms with van der Waals surface area (Å²) in [6, 6.07) is 8.78. The van der Waals surface area contributed by atoms with E-state index in [2.05, 4.69) is 37.7 Å². The van der Waals surface area contributed by atoms with Crippen LogP contribution in [-0.4, -0.2) is 43.1 Å². The second kappa shape index (κ2) is 7.34. The van der Waals surface area contributed by atoms with Gasteiger partial charge in [0.15, 0.2) is 0 Å². The van der Waals surface area contributed by atoms with Gasteiger partial charge in [0.25, 0.3) is 0 Å². The summed E-state index contributed by atoms with van der Waals surface area (Å²) < 4.78 is 5.80. The summed E-state index contributed by atoms with van der Waals surface area (Å²) in [6.45, 7) is 8.07. The van der Waals surface area contributed by atoms with E-state index in [4.69, 9.17) is 4.74 Å². The molecular weight excluding hydrogens is 314 g/mol. The molecular formula is C20H31N3O2. The SMILES string of the molecule is CN(CC1CC(C(C)(C)C)NN1)C(=O)C1CCOc2ccccc2C1. The number of hydrogen-bond donors (Lipinski definition) is 2. The number of carbonyl (C=O) groups is 1. The summed E-state index contributed by atoms with van der Waals surface area (Å²) in [7, 11) is 1.92. The van der Waals surface area contributed by atoms with Gasteiger partial charge in [-0.3, -0.25) is 15.6 Å². The van der Waals surface area contributed by atoms with E-state index in [0.717, 1.165) is 37.1 Å². The van der Waals surface area contributed by atoms with Crippen molar-refractivity contribution in [2.75, 3.05) is 20.2 Å². The Labute approximate surface area is 151 Å². The molecule has 2 N–H and O–H groups in total. The minimum absolute atomic E-state index is 0.00132. The number of benzene rings is 1. The van der Waals surface area contributed by atoms with Crippen LogP contribution in [-0.2, 0) is 11.2 Å². The molecule has 25 heavy (non-hydrogen) atoms. The third-order valence-electron chi connectivity index (χ3n) is 5.41. The summed E-state index contributed by atoms with van der Waals surface area (Å²) >= 11 is 0. The van der Waals surface area contributed by atoms with Crippen molar-refractivity contribution in [3.05, 3.63) is 29.8 Å². The molecule has 0 aliphatic carbocycles. The fourth-order valence-corrected chi connectivity index (χ4v) is 3.75. The molecule has 0 radical (unpaired) electrons. The van der Waals surface area contributed by atoms with Crippen LogP contribution in [0.4, 0.5) is 0 Å². The van der Waals surface area contributed by atoms with Gasteiger partial charge in [-0.25, -0.2) is 0 Å². The number of amides is 1. The number of fused-ring (bicyclic) bond motifs is 1. The number of ether oxygens (including phenoxy) is 1. The quantitative estimate of drug-likeness (QED) is 0.883. The van der Waals surface area contributed by atoms with Crippen molar-refractivity contribution in [2.45, 2.75) is 52.1 Å². The number of likely N-dealkylation sites (N-methyl/N-ethyl adjacent to an activating group) is 1. The Kier molecular flexibility index (Phi) is 5.35. The Morgan fingerprint density at radius 2 is 2.04 bits per heavy atom. The molecule has 3 unspecified atom stereocenters. The van der Waals surface area contributed by atoms with Crippen LogP contribution in [0.25, 0.3) is 0 Å². The van der Waals surface area contributed by atoms with Gasteiger partial charge in [0.1, 0.15) is 5.75 Å². The summed E-state index contributed by atoms with van der Waals surface area (Å²) in [4.78, 5) is 14.8. The van der Waals surface area contributed by atoms with Crippen LogP contribution in [0, 0.1) is 11.3 Å². The highest BCUT2D eigenvalue weighted by atomic mass is 16.5. The molecule has 3 rings (SSSR count). The van der Waals surface area contributed by atoms with Crippen molar-refractivity contribution in [3.63, 3.8) is 0 Å². The van der Waals surface area contributed by atoms with Crippen molar-refractivity contribution >= 4 is 5.91 Å². The maximum Gasteiger partial charge on any atom is 0.225 e. The van der Waals surface area contributed by atoms with Crippen LogP contribution >= 0.6 is 0 Å². The molecule has 1 amide bonds. The van der Waals surface area contributed by atoms with Crippen LogP contribution < -0.4 is 15.6 Å². The molecule has 0 aromatic heterocycles. The van der Waals surface area contributed by atoms with Gasteiger partial charge in [-0.15, -0.1) is 0 Å². The van der Waals surface area contributed by atoms with Crippen LogP contribution in [0.1, 0.15) is 39.2 Å². The molecule has 1 aromatic carbocycles. The molecule has 3 atom stereocenters. The lowest BCUT2D eigenvalue weighted by Crippen LogP contribution is -2.44. The minimum atomic E-state index is 0.00132. The van der Waals surface area contributed by atoms with E-state index in [-0.39, 0.29) is 17.2 Å². The Hall–Kier alpha value is -1.59. The van der Waals surface area contributed by atoms with Crippen molar-refractivity contribution in [1.29, 1.82) is 0 Å². The first-order valence-electron chi connectivity index (χ1n) is 9.31. The highest BCUT2D eigenvalue weighted by Crippen LogP contribution is 2.28. The van der Waals surface area contributed by atoms with Crippen molar-refractivity contribution in [1.82, 2.24) is 15.8 Å². The molecule has 5 heteroatoms. The largest absolute Gasteiger partial charge is 0.493 e. The highest BCUT2D eigenvalue weighted by Gasteiger charge is 2.34. The zero-order chi connectivity index (χ0) is 18.0. The van der Waals surface area contributed by atoms with E-state index in [1.54, 1.807) is 0 Å².